The summed E-state index contributed by atoms with van der Waals surface area (Å²) in [7, 11) is 0. The van der Waals surface area contributed by atoms with Crippen LogP contribution in [-0.2, 0) is 0 Å². The monoisotopic (exact) mass is 378 g/mol. The van der Waals surface area contributed by atoms with Gasteiger partial charge in [-0.05, 0) is 0 Å². The van der Waals surface area contributed by atoms with E-state index in [0.29, 0.717) is 0 Å². The van der Waals surface area contributed by atoms with Crippen molar-refractivity contribution >= 4 is 43.6 Å². The van der Waals surface area contributed by atoms with Gasteiger partial charge in [0.2, 0.25) is 0 Å². The van der Waals surface area contributed by atoms with Crippen LogP contribution in [0, 0.1) is 3.57 Å². The summed E-state index contributed by atoms with van der Waals surface area (Å²) in [5.41, 5.74) is 0.802. The van der Waals surface area contributed by atoms with Gasteiger partial charge in [-0.25, -0.2) is 0 Å². The van der Waals surface area contributed by atoms with E-state index in [1.807, 2.05) is 12.1 Å². The Hall–Kier alpha value is -0.000519. The number of halogens is 4. The van der Waals surface area contributed by atoms with Crippen LogP contribution in [0.2, 0.25) is 0 Å². The Bertz CT molecular complexity index is 316. The molecule has 14 heavy (non-hydrogen) atoms. The minimum atomic E-state index is -4.05. The molecule has 0 spiro atoms. The molecule has 0 aliphatic heterocycles. The standard InChI is InChI=1S/C9H6F3ISe/c10-9(11,12)14-6-5-7-1-3-8(13)4-2-7/h1-6H/b6-5+. The second kappa shape index (κ2) is 5.19. The molecule has 0 nitrogen and oxygen atoms in total. The summed E-state index contributed by atoms with van der Waals surface area (Å²) in [4.78, 5) is 1.19. The number of benzene rings is 1. The van der Waals surface area contributed by atoms with E-state index in [1.165, 1.54) is 11.1 Å². The van der Waals surface area contributed by atoms with E-state index in [9.17, 15) is 13.2 Å². The summed E-state index contributed by atoms with van der Waals surface area (Å²) < 4.78 is 36.5. The first-order valence-corrected chi connectivity index (χ1v) is 6.56. The van der Waals surface area contributed by atoms with Crippen molar-refractivity contribution in [2.45, 2.75) is 5.07 Å². The van der Waals surface area contributed by atoms with Gasteiger partial charge >= 0.3 is 100 Å². The average molecular weight is 377 g/mol. The van der Waals surface area contributed by atoms with Gasteiger partial charge in [-0.2, -0.15) is 0 Å². The number of alkyl halides is 3. The van der Waals surface area contributed by atoms with Crippen molar-refractivity contribution in [1.29, 1.82) is 0 Å². The zero-order valence-corrected chi connectivity index (χ0v) is 10.8. The summed E-state index contributed by atoms with van der Waals surface area (Å²) in [5, 5.41) is -4.05. The summed E-state index contributed by atoms with van der Waals surface area (Å²) >= 11 is 0.726. The fourth-order valence-corrected chi connectivity index (χ4v) is 1.92. The third kappa shape index (κ3) is 5.02. The number of hydrogen-bond donors (Lipinski definition) is 0. The van der Waals surface area contributed by atoms with Gasteiger partial charge in [0.05, 0.1) is 0 Å². The molecule has 5 heteroatoms. The summed E-state index contributed by atoms with van der Waals surface area (Å²) in [6.07, 6.45) is 1.50. The van der Waals surface area contributed by atoms with Crippen molar-refractivity contribution < 1.29 is 13.2 Å². The first-order valence-electron chi connectivity index (χ1n) is 3.64. The number of hydrogen-bond acceptors (Lipinski definition) is 0. The Morgan fingerprint density at radius 2 is 1.71 bits per heavy atom. The van der Waals surface area contributed by atoms with Gasteiger partial charge in [0, 0.05) is 0 Å². The minimum absolute atomic E-state index is 0.802. The molecular formula is C9H6F3ISe. The van der Waals surface area contributed by atoms with Crippen LogP contribution in [0.4, 0.5) is 13.2 Å². The first kappa shape index (κ1) is 12.1. The molecule has 0 aliphatic rings. The zero-order valence-electron chi connectivity index (χ0n) is 6.88. The van der Waals surface area contributed by atoms with Crippen molar-refractivity contribution in [2.24, 2.45) is 0 Å². The molecule has 0 fully saturated rings. The second-order valence-corrected chi connectivity index (χ2v) is 5.70. The summed E-state index contributed by atoms with van der Waals surface area (Å²) in [5.74, 6) is 0. The molecule has 1 rings (SSSR count). The van der Waals surface area contributed by atoms with Crippen LogP contribution >= 0.6 is 22.6 Å². The van der Waals surface area contributed by atoms with Crippen molar-refractivity contribution in [3.63, 3.8) is 0 Å². The molecule has 0 atom stereocenters. The summed E-state index contributed by atoms with van der Waals surface area (Å²) in [6, 6.07) is 7.32. The SMILES string of the molecule is FC(F)(F)[Se]/C=C/c1ccc(I)cc1. The fraction of sp³-hybridized carbons (Fsp3) is 0.111. The molecule has 0 radical (unpaired) electrons. The summed E-state index contributed by atoms with van der Waals surface area (Å²) in [6.45, 7) is 0. The van der Waals surface area contributed by atoms with Crippen LogP contribution in [0.1, 0.15) is 5.56 Å². The topological polar surface area (TPSA) is 0 Å². The first-order chi connectivity index (χ1) is 6.47. The van der Waals surface area contributed by atoms with E-state index in [-0.39, 0.29) is 0 Å². The van der Waals surface area contributed by atoms with Crippen molar-refractivity contribution in [3.8, 4) is 0 Å². The van der Waals surface area contributed by atoms with E-state index >= 15 is 0 Å². The third-order valence-corrected chi connectivity index (χ3v) is 3.18. The van der Waals surface area contributed by atoms with E-state index in [0.717, 1.165) is 9.13 Å². The molecule has 0 N–H and O–H groups in total. The molecule has 0 bridgehead atoms. The van der Waals surface area contributed by atoms with Crippen molar-refractivity contribution in [1.82, 2.24) is 0 Å². The molecule has 0 amide bonds. The quantitative estimate of drug-likeness (QED) is 0.547. The molecule has 0 saturated carbocycles. The molecule has 0 saturated heterocycles. The molecule has 0 aliphatic carbocycles. The van der Waals surface area contributed by atoms with Gasteiger partial charge in [-0.3, -0.25) is 0 Å². The Balaban J connectivity index is 2.57. The average Bonchev–Trinajstić information content (AvgIpc) is 2.06. The Labute approximate surface area is 99.9 Å². The molecule has 1 aromatic rings. The Morgan fingerprint density at radius 1 is 1.14 bits per heavy atom. The van der Waals surface area contributed by atoms with Gasteiger partial charge in [-0.1, -0.05) is 0 Å². The Kier molecular flexibility index (Phi) is 4.47. The van der Waals surface area contributed by atoms with Crippen LogP contribution in [0.25, 0.3) is 6.08 Å². The van der Waals surface area contributed by atoms with Crippen molar-refractivity contribution in [3.05, 3.63) is 38.4 Å². The Morgan fingerprint density at radius 3 is 2.21 bits per heavy atom. The van der Waals surface area contributed by atoms with Crippen LogP contribution in [0.5, 0.6) is 0 Å². The van der Waals surface area contributed by atoms with Gasteiger partial charge < -0.3 is 0 Å². The van der Waals surface area contributed by atoms with Crippen LogP contribution in [0.3, 0.4) is 0 Å². The van der Waals surface area contributed by atoms with Crippen LogP contribution in [0.15, 0.2) is 29.2 Å². The molecule has 0 heterocycles. The molecule has 76 valence electrons. The van der Waals surface area contributed by atoms with Crippen molar-refractivity contribution in [2.75, 3.05) is 0 Å². The van der Waals surface area contributed by atoms with Gasteiger partial charge in [0.25, 0.3) is 0 Å². The molecular weight excluding hydrogens is 371 g/mol. The molecule has 1 aromatic carbocycles. The van der Waals surface area contributed by atoms with E-state index < -0.39 is 20.0 Å². The van der Waals surface area contributed by atoms with Gasteiger partial charge in [0.15, 0.2) is 0 Å². The maximum absolute atomic E-state index is 11.8. The third-order valence-electron chi connectivity index (χ3n) is 1.33. The second-order valence-electron chi connectivity index (χ2n) is 2.42. The van der Waals surface area contributed by atoms with E-state index in [1.54, 1.807) is 12.1 Å². The van der Waals surface area contributed by atoms with E-state index in [2.05, 4.69) is 22.6 Å². The normalized spacial score (nSPS) is 12.3. The molecule has 0 aromatic heterocycles. The van der Waals surface area contributed by atoms with E-state index in [4.69, 9.17) is 0 Å². The fourth-order valence-electron chi connectivity index (χ4n) is 0.764. The predicted molar refractivity (Wildman–Crippen MR) is 60.0 cm³/mol. The van der Waals surface area contributed by atoms with Crippen LogP contribution in [-0.4, -0.2) is 20.0 Å². The van der Waals surface area contributed by atoms with Gasteiger partial charge in [-0.15, -0.1) is 0 Å². The zero-order chi connectivity index (χ0) is 10.6. The van der Waals surface area contributed by atoms with Crippen LogP contribution < -0.4 is 0 Å². The molecule has 0 unspecified atom stereocenters. The maximum atomic E-state index is 11.8. The predicted octanol–water partition coefficient (Wildman–Crippen LogP) is 3.49. The number of rotatable bonds is 2. The van der Waals surface area contributed by atoms with Gasteiger partial charge in [0.1, 0.15) is 0 Å².